The maximum absolute atomic E-state index is 12.2. The minimum atomic E-state index is -1.13. The molecule has 57 heavy (non-hydrogen) atoms. The summed E-state index contributed by atoms with van der Waals surface area (Å²) in [6.45, 7) is 9.48. The number of nitrogens with zero attached hydrogens (tertiary/aromatic N) is 4. The van der Waals surface area contributed by atoms with E-state index in [-0.39, 0.29) is 90.1 Å². The fourth-order valence-corrected chi connectivity index (χ4v) is 3.86. The summed E-state index contributed by atoms with van der Waals surface area (Å²) in [7, 11) is 0. The van der Waals surface area contributed by atoms with Gasteiger partial charge >= 0.3 is 36.2 Å². The van der Waals surface area contributed by atoms with Crippen molar-refractivity contribution in [2.75, 3.05) is 79.3 Å². The summed E-state index contributed by atoms with van der Waals surface area (Å²) in [6, 6.07) is 0. The predicted octanol–water partition coefficient (Wildman–Crippen LogP) is 1.98. The van der Waals surface area contributed by atoms with Gasteiger partial charge in [0.05, 0.1) is 65.1 Å². The average Bonchev–Trinajstić information content (AvgIpc) is 3.92. The van der Waals surface area contributed by atoms with E-state index in [9.17, 15) is 28.8 Å². The molecule has 0 aliphatic carbocycles. The summed E-state index contributed by atoms with van der Waals surface area (Å²) in [5.74, 6) is -2.54. The van der Waals surface area contributed by atoms with Gasteiger partial charge in [-0.3, -0.25) is 9.59 Å². The van der Waals surface area contributed by atoms with Crippen LogP contribution in [-0.2, 0) is 84.4 Å². The van der Waals surface area contributed by atoms with Gasteiger partial charge in [0, 0.05) is 49.0 Å². The molecule has 0 N–H and O–H groups in total. The molecule has 21 heteroatoms. The van der Waals surface area contributed by atoms with Gasteiger partial charge in [0.1, 0.15) is 39.6 Å². The van der Waals surface area contributed by atoms with Crippen LogP contribution in [0.1, 0.15) is 26.7 Å². The molecule has 0 spiro atoms. The van der Waals surface area contributed by atoms with Gasteiger partial charge in [-0.1, -0.05) is 13.2 Å². The number of esters is 4. The van der Waals surface area contributed by atoms with Crippen LogP contribution >= 0.6 is 0 Å². The first-order valence-corrected chi connectivity index (χ1v) is 17.7. The van der Waals surface area contributed by atoms with Crippen LogP contribution in [0.3, 0.4) is 0 Å². The van der Waals surface area contributed by atoms with E-state index in [1.54, 1.807) is 46.6 Å². The Labute approximate surface area is 329 Å². The molecule has 0 aliphatic rings. The van der Waals surface area contributed by atoms with Crippen molar-refractivity contribution in [1.82, 2.24) is 19.1 Å². The largest absolute Gasteiger partial charge is 0.508 e. The lowest BCUT2D eigenvalue weighted by molar-refractivity contribution is -0.153. The summed E-state index contributed by atoms with van der Waals surface area (Å²) in [6.07, 6.45) is 5.29. The van der Waals surface area contributed by atoms with Crippen LogP contribution < -0.4 is 0 Å². The Morgan fingerprint density at radius 2 is 0.877 bits per heavy atom. The fourth-order valence-electron chi connectivity index (χ4n) is 3.86. The van der Waals surface area contributed by atoms with E-state index in [2.05, 4.69) is 23.1 Å². The van der Waals surface area contributed by atoms with Gasteiger partial charge in [0.25, 0.3) is 0 Å². The van der Waals surface area contributed by atoms with Crippen LogP contribution in [0.5, 0.6) is 0 Å². The number of hydrogen-bond donors (Lipinski definition) is 0. The molecular weight excluding hydrogens is 760 g/mol. The first-order chi connectivity index (χ1) is 27.4. The third-order valence-electron chi connectivity index (χ3n) is 6.79. The number of aromatic nitrogens is 4. The Kier molecular flexibility index (Phi) is 23.7. The number of carbonyl (C=O) groups excluding carboxylic acids is 6. The van der Waals surface area contributed by atoms with E-state index in [1.807, 2.05) is 0 Å². The molecule has 2 unspecified atom stereocenters. The van der Waals surface area contributed by atoms with Crippen LogP contribution in [-0.4, -0.2) is 147 Å². The monoisotopic (exact) mass is 810 g/mol. The zero-order chi connectivity index (χ0) is 41.7. The van der Waals surface area contributed by atoms with Crippen molar-refractivity contribution in [2.45, 2.75) is 52.0 Å². The Bertz CT molecular complexity index is 1420. The van der Waals surface area contributed by atoms with E-state index in [0.29, 0.717) is 13.1 Å². The molecule has 2 aromatic rings. The van der Waals surface area contributed by atoms with Crippen molar-refractivity contribution in [1.29, 1.82) is 0 Å². The summed E-state index contributed by atoms with van der Waals surface area (Å²) >= 11 is 0. The zero-order valence-electron chi connectivity index (χ0n) is 32.1. The first-order valence-electron chi connectivity index (χ1n) is 17.7. The third-order valence-corrected chi connectivity index (χ3v) is 6.79. The Morgan fingerprint density at radius 3 is 1.21 bits per heavy atom. The average molecular weight is 811 g/mol. The summed E-state index contributed by atoms with van der Waals surface area (Å²) in [5, 5.41) is 0. The number of aryl methyl sites for hydroxylation is 2. The molecular formula is C36H50N4O17. The van der Waals surface area contributed by atoms with Crippen LogP contribution in [0.2, 0.25) is 0 Å². The molecule has 0 radical (unpaired) electrons. The molecule has 2 heterocycles. The first kappa shape index (κ1) is 47.4. The predicted molar refractivity (Wildman–Crippen MR) is 192 cm³/mol. The van der Waals surface area contributed by atoms with Crippen LogP contribution in [0.25, 0.3) is 0 Å². The number of imidazole rings is 2. The molecule has 316 valence electrons. The highest BCUT2D eigenvalue weighted by Gasteiger charge is 2.22. The molecule has 2 rings (SSSR count). The van der Waals surface area contributed by atoms with E-state index in [0.717, 1.165) is 0 Å². The standard InChI is InChI=1S/C36H50N4O17/c1-27(2)33(43)54-23-29(21-52-31(41)5-9-39-11-7-37-25-39)56-35(45)50-19-17-48-15-13-47-14-16-49-18-20-51-36(46)57-30(24-55-34(44)28(3)4)22-53-32(42)6-10-40-12-8-38-26-40/h7-8,11-12,25-26,29-30H,1,3,5-6,9-10,13-24H2,2,4H3. The summed E-state index contributed by atoms with van der Waals surface area (Å²) in [4.78, 5) is 79.9. The third kappa shape index (κ3) is 23.7. The topological polar surface area (TPSA) is 240 Å². The highest BCUT2D eigenvalue weighted by molar-refractivity contribution is 5.87. The Hall–Kier alpha value is -5.80. The molecule has 21 nitrogen and oxygen atoms in total. The lowest BCUT2D eigenvalue weighted by Gasteiger charge is -2.18. The highest BCUT2D eigenvalue weighted by atomic mass is 16.7. The quantitative estimate of drug-likeness (QED) is 0.0474. The van der Waals surface area contributed by atoms with Crippen molar-refractivity contribution in [3.8, 4) is 0 Å². The van der Waals surface area contributed by atoms with Gasteiger partial charge < -0.3 is 61.2 Å². The number of ether oxygens (including phenoxy) is 11. The smallest absolute Gasteiger partial charge is 0.462 e. The van der Waals surface area contributed by atoms with Gasteiger partial charge in [0.2, 0.25) is 0 Å². The molecule has 2 aromatic heterocycles. The Balaban J connectivity index is 1.53. The zero-order valence-corrected chi connectivity index (χ0v) is 32.1. The minimum absolute atomic E-state index is 0.0207. The van der Waals surface area contributed by atoms with Crippen LogP contribution in [0, 0.1) is 0 Å². The molecule has 0 saturated heterocycles. The van der Waals surface area contributed by atoms with Crippen molar-refractivity contribution >= 4 is 36.2 Å². The van der Waals surface area contributed by atoms with E-state index in [1.165, 1.54) is 13.8 Å². The fraction of sp³-hybridized carbons (Fsp3) is 0.556. The molecule has 0 bridgehead atoms. The lowest BCUT2D eigenvalue weighted by Crippen LogP contribution is -2.31. The maximum Gasteiger partial charge on any atom is 0.508 e. The van der Waals surface area contributed by atoms with Crippen LogP contribution in [0.15, 0.2) is 61.7 Å². The number of carbonyl (C=O) groups is 6. The lowest BCUT2D eigenvalue weighted by atomic mass is 10.3. The second-order valence-electron chi connectivity index (χ2n) is 11.7. The van der Waals surface area contributed by atoms with Gasteiger partial charge in [-0.05, 0) is 13.8 Å². The van der Waals surface area contributed by atoms with Gasteiger partial charge in [0.15, 0.2) is 12.2 Å². The SMILES string of the molecule is C=C(C)C(=O)OCC(COC(=O)CCn1ccnc1)OC(=O)OCCOCCOCCOCCOC(=O)OC(COC(=O)CCn1ccnc1)COC(=O)C(=C)C. The van der Waals surface area contributed by atoms with Crippen LogP contribution in [0.4, 0.5) is 9.59 Å². The maximum atomic E-state index is 12.2. The second kappa shape index (κ2) is 28.6. The van der Waals surface area contributed by atoms with E-state index >= 15 is 0 Å². The van der Waals surface area contributed by atoms with Crippen molar-refractivity contribution < 1.29 is 80.9 Å². The van der Waals surface area contributed by atoms with Crippen molar-refractivity contribution in [3.05, 3.63) is 61.7 Å². The number of rotatable bonds is 30. The van der Waals surface area contributed by atoms with E-state index in [4.69, 9.17) is 52.1 Å². The minimum Gasteiger partial charge on any atom is -0.462 e. The highest BCUT2D eigenvalue weighted by Crippen LogP contribution is 2.05. The molecule has 0 fully saturated rings. The normalized spacial score (nSPS) is 11.7. The molecule has 0 amide bonds. The molecule has 0 aliphatic heterocycles. The van der Waals surface area contributed by atoms with Crippen molar-refractivity contribution in [2.24, 2.45) is 0 Å². The van der Waals surface area contributed by atoms with Gasteiger partial charge in [-0.25, -0.2) is 29.1 Å². The Morgan fingerprint density at radius 1 is 0.526 bits per heavy atom. The van der Waals surface area contributed by atoms with Gasteiger partial charge in [-0.15, -0.1) is 0 Å². The second-order valence-corrected chi connectivity index (χ2v) is 11.7. The summed E-state index contributed by atoms with van der Waals surface area (Å²) < 4.78 is 60.1. The number of hydrogen-bond acceptors (Lipinski definition) is 19. The molecule has 2 atom stereocenters. The summed E-state index contributed by atoms with van der Waals surface area (Å²) in [5.41, 5.74) is 0.273. The van der Waals surface area contributed by atoms with Gasteiger partial charge in [-0.2, -0.15) is 0 Å². The molecule has 0 saturated carbocycles. The van der Waals surface area contributed by atoms with Crippen molar-refractivity contribution in [3.63, 3.8) is 0 Å². The van der Waals surface area contributed by atoms with E-state index < -0.39 is 61.6 Å². The molecule has 0 aromatic carbocycles.